The van der Waals surface area contributed by atoms with Crippen LogP contribution in [0.5, 0.6) is 0 Å². The minimum Gasteiger partial charge on any atom is -0.466 e. The average molecular weight is 483 g/mol. The molecule has 1 unspecified atom stereocenters. The number of rotatable bonds is 26. The Morgan fingerprint density at radius 2 is 0.941 bits per heavy atom. The lowest BCUT2D eigenvalue weighted by Crippen LogP contribution is -2.09. The standard InChI is InChI=1S/C30H58O4/c1-4-7-9-20-26-33-29(31)23-19-17-15-13-11-12-14-16-18-22-28(6-3)24-25-30(32)34-27-21-10-8-5-2/h28H,4-27H2,1-3H3. The van der Waals surface area contributed by atoms with Crippen molar-refractivity contribution in [3.8, 4) is 0 Å². The van der Waals surface area contributed by atoms with E-state index < -0.39 is 0 Å². The van der Waals surface area contributed by atoms with Crippen molar-refractivity contribution in [2.45, 2.75) is 162 Å². The van der Waals surface area contributed by atoms with Gasteiger partial charge in [0.25, 0.3) is 0 Å². The van der Waals surface area contributed by atoms with E-state index in [-0.39, 0.29) is 11.9 Å². The first-order chi connectivity index (χ1) is 16.6. The molecule has 0 heterocycles. The summed E-state index contributed by atoms with van der Waals surface area (Å²) in [5.41, 5.74) is 0. The fraction of sp³-hybridized carbons (Fsp3) is 0.933. The van der Waals surface area contributed by atoms with Crippen LogP contribution in [0, 0.1) is 5.92 Å². The SMILES string of the molecule is CCCCCCOC(=O)CCCCCCCCCCCC(CC)CCC(=O)OCCCCCC. The molecule has 0 aliphatic rings. The maximum atomic E-state index is 11.9. The van der Waals surface area contributed by atoms with E-state index in [0.29, 0.717) is 32.0 Å². The van der Waals surface area contributed by atoms with Crippen LogP contribution in [0.3, 0.4) is 0 Å². The van der Waals surface area contributed by atoms with E-state index in [1.807, 2.05) is 0 Å². The normalized spacial score (nSPS) is 12.0. The molecule has 0 saturated heterocycles. The third kappa shape index (κ3) is 24.1. The first-order valence-electron chi connectivity index (χ1n) is 14.9. The fourth-order valence-electron chi connectivity index (χ4n) is 4.39. The lowest BCUT2D eigenvalue weighted by molar-refractivity contribution is -0.145. The lowest BCUT2D eigenvalue weighted by atomic mass is 9.93. The molecule has 0 aliphatic carbocycles. The van der Waals surface area contributed by atoms with Crippen LogP contribution < -0.4 is 0 Å². The van der Waals surface area contributed by atoms with Gasteiger partial charge in [0, 0.05) is 12.8 Å². The summed E-state index contributed by atoms with van der Waals surface area (Å²) in [7, 11) is 0. The molecule has 4 heteroatoms. The van der Waals surface area contributed by atoms with Crippen LogP contribution in [0.1, 0.15) is 162 Å². The van der Waals surface area contributed by atoms with Crippen LogP contribution in [-0.4, -0.2) is 25.2 Å². The van der Waals surface area contributed by atoms with Crippen molar-refractivity contribution in [1.82, 2.24) is 0 Å². The van der Waals surface area contributed by atoms with E-state index in [4.69, 9.17) is 9.47 Å². The molecule has 0 fully saturated rings. The third-order valence-corrected chi connectivity index (χ3v) is 6.85. The van der Waals surface area contributed by atoms with Crippen molar-refractivity contribution in [2.75, 3.05) is 13.2 Å². The fourth-order valence-corrected chi connectivity index (χ4v) is 4.39. The number of ether oxygens (including phenoxy) is 2. The van der Waals surface area contributed by atoms with Gasteiger partial charge in [0.2, 0.25) is 0 Å². The van der Waals surface area contributed by atoms with Gasteiger partial charge in [-0.1, -0.05) is 124 Å². The molecule has 0 rings (SSSR count). The predicted octanol–water partition coefficient (Wildman–Crippen LogP) is 9.33. The van der Waals surface area contributed by atoms with Gasteiger partial charge in [0.1, 0.15) is 0 Å². The van der Waals surface area contributed by atoms with Gasteiger partial charge in [-0.15, -0.1) is 0 Å². The molecular formula is C30H58O4. The second kappa shape index (κ2) is 26.5. The number of esters is 2. The van der Waals surface area contributed by atoms with Crippen molar-refractivity contribution in [3.05, 3.63) is 0 Å². The van der Waals surface area contributed by atoms with Crippen molar-refractivity contribution in [3.63, 3.8) is 0 Å². The average Bonchev–Trinajstić information content (AvgIpc) is 2.84. The van der Waals surface area contributed by atoms with E-state index in [2.05, 4.69) is 20.8 Å². The van der Waals surface area contributed by atoms with Crippen LogP contribution in [0.4, 0.5) is 0 Å². The lowest BCUT2D eigenvalue weighted by Gasteiger charge is -2.14. The Morgan fingerprint density at radius 1 is 0.500 bits per heavy atom. The van der Waals surface area contributed by atoms with Gasteiger partial charge in [-0.25, -0.2) is 0 Å². The molecule has 202 valence electrons. The van der Waals surface area contributed by atoms with Gasteiger partial charge < -0.3 is 9.47 Å². The second-order valence-electron chi connectivity index (χ2n) is 10.1. The van der Waals surface area contributed by atoms with Gasteiger partial charge in [-0.2, -0.15) is 0 Å². The quantitative estimate of drug-likeness (QED) is 0.0910. The Bertz CT molecular complexity index is 449. The Labute approximate surface area is 212 Å². The Kier molecular flexibility index (Phi) is 25.7. The maximum Gasteiger partial charge on any atom is 0.305 e. The summed E-state index contributed by atoms with van der Waals surface area (Å²) < 4.78 is 10.7. The van der Waals surface area contributed by atoms with Crippen LogP contribution in [0.2, 0.25) is 0 Å². The van der Waals surface area contributed by atoms with Gasteiger partial charge >= 0.3 is 11.9 Å². The molecule has 0 bridgehead atoms. The molecule has 0 saturated carbocycles. The minimum absolute atomic E-state index is 0.00532. The van der Waals surface area contributed by atoms with Gasteiger partial charge in [0.15, 0.2) is 0 Å². The van der Waals surface area contributed by atoms with Gasteiger partial charge in [-0.05, 0) is 31.6 Å². The molecule has 1 atom stereocenters. The Balaban J connectivity index is 3.43. The smallest absolute Gasteiger partial charge is 0.305 e. The molecule has 4 nitrogen and oxygen atoms in total. The van der Waals surface area contributed by atoms with Crippen LogP contribution in [0.15, 0.2) is 0 Å². The summed E-state index contributed by atoms with van der Waals surface area (Å²) >= 11 is 0. The number of carbonyl (C=O) groups excluding carboxylic acids is 2. The van der Waals surface area contributed by atoms with Crippen LogP contribution >= 0.6 is 0 Å². The minimum atomic E-state index is -0.0128. The molecule has 0 aromatic carbocycles. The summed E-state index contributed by atoms with van der Waals surface area (Å²) in [5, 5.41) is 0. The van der Waals surface area contributed by atoms with Crippen molar-refractivity contribution < 1.29 is 19.1 Å². The Morgan fingerprint density at radius 3 is 1.44 bits per heavy atom. The van der Waals surface area contributed by atoms with E-state index >= 15 is 0 Å². The molecule has 34 heavy (non-hydrogen) atoms. The van der Waals surface area contributed by atoms with E-state index in [1.54, 1.807) is 0 Å². The first-order valence-corrected chi connectivity index (χ1v) is 14.9. The van der Waals surface area contributed by atoms with Crippen molar-refractivity contribution in [1.29, 1.82) is 0 Å². The van der Waals surface area contributed by atoms with Crippen LogP contribution in [0.25, 0.3) is 0 Å². The molecule has 0 aromatic heterocycles. The van der Waals surface area contributed by atoms with Crippen molar-refractivity contribution >= 4 is 11.9 Å². The van der Waals surface area contributed by atoms with Gasteiger partial charge in [0.05, 0.1) is 13.2 Å². The predicted molar refractivity (Wildman–Crippen MR) is 144 cm³/mol. The highest BCUT2D eigenvalue weighted by atomic mass is 16.5. The second-order valence-corrected chi connectivity index (χ2v) is 10.1. The zero-order chi connectivity index (χ0) is 25.1. The summed E-state index contributed by atoms with van der Waals surface area (Å²) in [6.07, 6.45) is 25.0. The zero-order valence-corrected chi connectivity index (χ0v) is 23.2. The Hall–Kier alpha value is -1.06. The van der Waals surface area contributed by atoms with E-state index in [0.717, 1.165) is 44.9 Å². The third-order valence-electron chi connectivity index (χ3n) is 6.85. The largest absolute Gasteiger partial charge is 0.466 e. The highest BCUT2D eigenvalue weighted by Gasteiger charge is 2.10. The zero-order valence-electron chi connectivity index (χ0n) is 23.2. The van der Waals surface area contributed by atoms with Gasteiger partial charge in [-0.3, -0.25) is 9.59 Å². The number of hydrogen-bond acceptors (Lipinski definition) is 4. The maximum absolute atomic E-state index is 11.9. The highest BCUT2D eigenvalue weighted by Crippen LogP contribution is 2.20. The number of carbonyl (C=O) groups is 2. The van der Waals surface area contributed by atoms with Crippen molar-refractivity contribution in [2.24, 2.45) is 5.92 Å². The topological polar surface area (TPSA) is 52.6 Å². The molecule has 0 aliphatic heterocycles. The first kappa shape index (κ1) is 32.9. The molecule has 0 N–H and O–H groups in total. The molecule has 0 spiro atoms. The van der Waals surface area contributed by atoms with E-state index in [1.165, 1.54) is 83.5 Å². The molecule has 0 amide bonds. The summed E-state index contributed by atoms with van der Waals surface area (Å²) in [5.74, 6) is 0.645. The monoisotopic (exact) mass is 482 g/mol. The number of unbranched alkanes of at least 4 members (excludes halogenated alkanes) is 14. The summed E-state index contributed by atoms with van der Waals surface area (Å²) in [4.78, 5) is 23.6. The van der Waals surface area contributed by atoms with E-state index in [9.17, 15) is 9.59 Å². The highest BCUT2D eigenvalue weighted by molar-refractivity contribution is 5.69. The molecule has 0 radical (unpaired) electrons. The number of hydrogen-bond donors (Lipinski definition) is 0. The van der Waals surface area contributed by atoms with Crippen LogP contribution in [-0.2, 0) is 19.1 Å². The summed E-state index contributed by atoms with van der Waals surface area (Å²) in [6, 6.07) is 0. The molecular weight excluding hydrogens is 424 g/mol. The molecule has 0 aromatic rings. The summed E-state index contributed by atoms with van der Waals surface area (Å²) in [6.45, 7) is 7.83.